The van der Waals surface area contributed by atoms with Gasteiger partial charge in [-0.3, -0.25) is 4.79 Å². The Morgan fingerprint density at radius 1 is 1.12 bits per heavy atom. The summed E-state index contributed by atoms with van der Waals surface area (Å²) in [6.07, 6.45) is 0. The predicted octanol–water partition coefficient (Wildman–Crippen LogP) is 4.61. The van der Waals surface area contributed by atoms with Crippen molar-refractivity contribution in [3.05, 3.63) is 65.4 Å². The molecule has 128 valence electrons. The van der Waals surface area contributed by atoms with Crippen LogP contribution in [0.15, 0.2) is 53.1 Å². The van der Waals surface area contributed by atoms with Gasteiger partial charge in [0.1, 0.15) is 5.75 Å². The zero-order valence-electron chi connectivity index (χ0n) is 14.5. The average Bonchev–Trinajstić information content (AvgIpc) is 3.09. The van der Waals surface area contributed by atoms with E-state index < -0.39 is 0 Å². The summed E-state index contributed by atoms with van der Waals surface area (Å²) in [6.45, 7) is 6.46. The van der Waals surface area contributed by atoms with Gasteiger partial charge in [-0.25, -0.2) is 0 Å². The second-order valence-electron chi connectivity index (χ2n) is 5.75. The van der Waals surface area contributed by atoms with E-state index in [1.54, 1.807) is 6.07 Å². The van der Waals surface area contributed by atoms with Crippen molar-refractivity contribution in [2.75, 3.05) is 11.9 Å². The van der Waals surface area contributed by atoms with Gasteiger partial charge in [-0.1, -0.05) is 23.4 Å². The molecule has 0 atom stereocenters. The molecule has 1 N–H and O–H groups in total. The molecule has 2 aromatic carbocycles. The highest BCUT2D eigenvalue weighted by Gasteiger charge is 2.15. The number of nitrogens with one attached hydrogen (secondary N) is 1. The van der Waals surface area contributed by atoms with E-state index in [0.717, 1.165) is 28.1 Å². The van der Waals surface area contributed by atoms with Gasteiger partial charge in [0.25, 0.3) is 5.91 Å². The van der Waals surface area contributed by atoms with Crippen LogP contribution < -0.4 is 10.1 Å². The molecule has 0 saturated heterocycles. The maximum Gasteiger partial charge on any atom is 0.277 e. The summed E-state index contributed by atoms with van der Waals surface area (Å²) in [4.78, 5) is 12.4. The van der Waals surface area contributed by atoms with Gasteiger partial charge in [-0.2, -0.15) is 0 Å². The van der Waals surface area contributed by atoms with Gasteiger partial charge in [-0.05, 0) is 56.2 Å². The number of nitrogens with zero attached hydrogens (tertiary/aromatic N) is 1. The molecule has 0 aliphatic heterocycles. The van der Waals surface area contributed by atoms with Crippen LogP contribution in [0.2, 0.25) is 0 Å². The van der Waals surface area contributed by atoms with Crippen molar-refractivity contribution in [3.63, 3.8) is 0 Å². The third-order valence-electron chi connectivity index (χ3n) is 3.91. The van der Waals surface area contributed by atoms with Crippen molar-refractivity contribution in [3.8, 4) is 17.1 Å². The van der Waals surface area contributed by atoms with Crippen molar-refractivity contribution in [2.45, 2.75) is 20.8 Å². The van der Waals surface area contributed by atoms with Crippen LogP contribution in [0.25, 0.3) is 11.3 Å². The molecule has 3 rings (SSSR count). The second kappa shape index (κ2) is 7.21. The van der Waals surface area contributed by atoms with E-state index in [2.05, 4.69) is 10.5 Å². The molecule has 1 heterocycles. The Labute approximate surface area is 146 Å². The van der Waals surface area contributed by atoms with Gasteiger partial charge in [0.15, 0.2) is 11.5 Å². The number of rotatable bonds is 5. The summed E-state index contributed by atoms with van der Waals surface area (Å²) in [6, 6.07) is 15.0. The van der Waals surface area contributed by atoms with Gasteiger partial charge in [0.2, 0.25) is 0 Å². The lowest BCUT2D eigenvalue weighted by Crippen LogP contribution is -2.14. The number of carbonyl (C=O) groups is 1. The van der Waals surface area contributed by atoms with Crippen molar-refractivity contribution in [2.24, 2.45) is 0 Å². The molecule has 0 spiro atoms. The molecule has 0 bridgehead atoms. The first-order valence-corrected chi connectivity index (χ1v) is 8.16. The highest BCUT2D eigenvalue weighted by atomic mass is 16.5. The Morgan fingerprint density at radius 3 is 2.44 bits per heavy atom. The zero-order chi connectivity index (χ0) is 17.8. The number of hydrogen-bond acceptors (Lipinski definition) is 4. The lowest BCUT2D eigenvalue weighted by molar-refractivity contribution is 0.101. The van der Waals surface area contributed by atoms with Gasteiger partial charge >= 0.3 is 0 Å². The normalized spacial score (nSPS) is 10.5. The Kier molecular flexibility index (Phi) is 4.84. The van der Waals surface area contributed by atoms with E-state index in [9.17, 15) is 4.79 Å². The van der Waals surface area contributed by atoms with E-state index in [1.165, 1.54) is 0 Å². The fraction of sp³-hybridized carbons (Fsp3) is 0.200. The maximum atomic E-state index is 12.4. The fourth-order valence-electron chi connectivity index (χ4n) is 2.59. The predicted molar refractivity (Wildman–Crippen MR) is 97.0 cm³/mol. The molecule has 0 saturated carbocycles. The number of anilines is 1. The average molecular weight is 336 g/mol. The van der Waals surface area contributed by atoms with Crippen LogP contribution in [0.3, 0.4) is 0 Å². The highest BCUT2D eigenvalue weighted by Crippen LogP contribution is 2.24. The van der Waals surface area contributed by atoms with Gasteiger partial charge in [0, 0.05) is 17.3 Å². The third-order valence-corrected chi connectivity index (χ3v) is 3.91. The molecule has 5 nitrogen and oxygen atoms in total. The highest BCUT2D eigenvalue weighted by molar-refractivity contribution is 6.04. The van der Waals surface area contributed by atoms with E-state index in [4.69, 9.17) is 9.26 Å². The zero-order valence-corrected chi connectivity index (χ0v) is 14.5. The van der Waals surface area contributed by atoms with E-state index >= 15 is 0 Å². The Balaban J connectivity index is 1.77. The first kappa shape index (κ1) is 16.8. The molecular weight excluding hydrogens is 316 g/mol. The lowest BCUT2D eigenvalue weighted by atomic mass is 10.1. The molecule has 25 heavy (non-hydrogen) atoms. The number of benzene rings is 2. The topological polar surface area (TPSA) is 64.4 Å². The largest absolute Gasteiger partial charge is 0.494 e. The molecule has 0 aliphatic carbocycles. The Bertz CT molecular complexity index is 862. The van der Waals surface area contributed by atoms with Crippen LogP contribution in [0.1, 0.15) is 28.5 Å². The number of amides is 1. The van der Waals surface area contributed by atoms with Crippen molar-refractivity contribution in [1.82, 2.24) is 5.16 Å². The molecule has 1 amide bonds. The van der Waals surface area contributed by atoms with Crippen molar-refractivity contribution >= 4 is 11.6 Å². The summed E-state index contributed by atoms with van der Waals surface area (Å²) < 4.78 is 10.7. The molecule has 0 aliphatic rings. The lowest BCUT2D eigenvalue weighted by Gasteiger charge is -2.09. The molecule has 0 fully saturated rings. The summed E-state index contributed by atoms with van der Waals surface area (Å²) in [5.74, 6) is 1.03. The Hall–Kier alpha value is -3.08. The Morgan fingerprint density at radius 2 is 1.80 bits per heavy atom. The second-order valence-corrected chi connectivity index (χ2v) is 5.75. The van der Waals surface area contributed by atoms with Gasteiger partial charge < -0.3 is 14.6 Å². The summed E-state index contributed by atoms with van der Waals surface area (Å²) in [7, 11) is 0. The van der Waals surface area contributed by atoms with Gasteiger partial charge in [0.05, 0.1) is 6.61 Å². The summed E-state index contributed by atoms with van der Waals surface area (Å²) in [5, 5.41) is 6.79. The van der Waals surface area contributed by atoms with E-state index in [0.29, 0.717) is 12.4 Å². The molecule has 5 heteroatoms. The number of aryl methyl sites for hydroxylation is 2. The summed E-state index contributed by atoms with van der Waals surface area (Å²) >= 11 is 0. The SMILES string of the molecule is CCOc1ccc(-c2cc(C(=O)Nc3c(C)cccc3C)no2)cc1. The summed E-state index contributed by atoms with van der Waals surface area (Å²) in [5.41, 5.74) is 3.89. The minimum Gasteiger partial charge on any atom is -0.494 e. The minimum absolute atomic E-state index is 0.242. The van der Waals surface area contributed by atoms with Crippen LogP contribution in [0.4, 0.5) is 5.69 Å². The van der Waals surface area contributed by atoms with Crippen LogP contribution >= 0.6 is 0 Å². The van der Waals surface area contributed by atoms with E-state index in [1.807, 2.05) is 63.2 Å². The standard InChI is InChI=1S/C20H20N2O3/c1-4-24-16-10-8-15(9-11-16)18-12-17(22-25-18)20(23)21-19-13(2)6-5-7-14(19)3/h5-12H,4H2,1-3H3,(H,21,23). The smallest absolute Gasteiger partial charge is 0.277 e. The fourth-order valence-corrected chi connectivity index (χ4v) is 2.59. The molecule has 3 aromatic rings. The maximum absolute atomic E-state index is 12.4. The van der Waals surface area contributed by atoms with Gasteiger partial charge in [-0.15, -0.1) is 0 Å². The molecule has 1 aromatic heterocycles. The number of hydrogen-bond donors (Lipinski definition) is 1. The molecule has 0 unspecified atom stereocenters. The monoisotopic (exact) mass is 336 g/mol. The number of carbonyl (C=O) groups excluding carboxylic acids is 1. The number of aromatic nitrogens is 1. The minimum atomic E-state index is -0.293. The van der Waals surface area contributed by atoms with Crippen molar-refractivity contribution in [1.29, 1.82) is 0 Å². The molecular formula is C20H20N2O3. The number of para-hydroxylation sites is 1. The van der Waals surface area contributed by atoms with E-state index in [-0.39, 0.29) is 11.6 Å². The first-order chi connectivity index (χ1) is 12.1. The quantitative estimate of drug-likeness (QED) is 0.739. The first-order valence-electron chi connectivity index (χ1n) is 8.16. The van der Waals surface area contributed by atoms with Crippen LogP contribution in [0.5, 0.6) is 5.75 Å². The van der Waals surface area contributed by atoms with Crippen LogP contribution in [-0.4, -0.2) is 17.7 Å². The third kappa shape index (κ3) is 3.71. The van der Waals surface area contributed by atoms with Crippen LogP contribution in [0, 0.1) is 13.8 Å². The number of ether oxygens (including phenoxy) is 1. The van der Waals surface area contributed by atoms with Crippen molar-refractivity contribution < 1.29 is 14.1 Å². The molecule has 0 radical (unpaired) electrons. The van der Waals surface area contributed by atoms with Crippen LogP contribution in [-0.2, 0) is 0 Å².